The largest absolute Gasteiger partial charge is 0.478 e. The van der Waals surface area contributed by atoms with E-state index in [1.165, 1.54) is 16.7 Å². The Bertz CT molecular complexity index is 571. The number of carbonyl (C=O) groups excluding carboxylic acids is 1. The minimum absolute atomic E-state index is 0.0209. The molecule has 1 heterocycles. The van der Waals surface area contributed by atoms with Crippen LogP contribution in [0.15, 0.2) is 5.03 Å². The standard InChI is InChI=1S/C14H19N3O3S/c1-8-11(14(19)20)13(16-12(15-8)9-4-5-9)21-7-6-10(18)17(2)3/h9H,4-7H2,1-3H3,(H,19,20). The van der Waals surface area contributed by atoms with Gasteiger partial charge in [0, 0.05) is 32.2 Å². The minimum atomic E-state index is -1.02. The van der Waals surface area contributed by atoms with Crippen molar-refractivity contribution in [2.24, 2.45) is 0 Å². The second kappa shape index (κ2) is 6.43. The summed E-state index contributed by atoms with van der Waals surface area (Å²) in [6, 6.07) is 0. The van der Waals surface area contributed by atoms with Gasteiger partial charge in [-0.3, -0.25) is 4.79 Å². The molecule has 0 spiro atoms. The van der Waals surface area contributed by atoms with E-state index in [2.05, 4.69) is 9.97 Å². The quantitative estimate of drug-likeness (QED) is 0.638. The van der Waals surface area contributed by atoms with Crippen LogP contribution >= 0.6 is 11.8 Å². The number of rotatable bonds is 6. The molecule has 0 saturated heterocycles. The lowest BCUT2D eigenvalue weighted by Crippen LogP contribution is -2.21. The first kappa shape index (κ1) is 15.8. The predicted octanol–water partition coefficient (Wildman–Crippen LogP) is 1.93. The second-order valence-electron chi connectivity index (χ2n) is 5.31. The summed E-state index contributed by atoms with van der Waals surface area (Å²) in [6.07, 6.45) is 2.49. The number of aromatic nitrogens is 2. The van der Waals surface area contributed by atoms with Gasteiger partial charge in [0.15, 0.2) is 0 Å². The molecule has 0 aliphatic heterocycles. The fourth-order valence-corrected chi connectivity index (χ4v) is 2.91. The third-order valence-corrected chi connectivity index (χ3v) is 4.26. The predicted molar refractivity (Wildman–Crippen MR) is 79.7 cm³/mol. The van der Waals surface area contributed by atoms with E-state index in [9.17, 15) is 14.7 Å². The van der Waals surface area contributed by atoms with Crippen molar-refractivity contribution in [2.45, 2.75) is 37.1 Å². The van der Waals surface area contributed by atoms with E-state index in [1.54, 1.807) is 21.0 Å². The number of thioether (sulfide) groups is 1. The average molecular weight is 309 g/mol. The Kier molecular flexibility index (Phi) is 4.82. The molecule has 114 valence electrons. The lowest BCUT2D eigenvalue weighted by Gasteiger charge is -2.11. The van der Waals surface area contributed by atoms with Crippen molar-refractivity contribution in [1.82, 2.24) is 14.9 Å². The number of carbonyl (C=O) groups is 2. The molecule has 1 aliphatic rings. The van der Waals surface area contributed by atoms with Crippen LogP contribution in [0.2, 0.25) is 0 Å². The summed E-state index contributed by atoms with van der Waals surface area (Å²) in [5.74, 6) is 0.620. The van der Waals surface area contributed by atoms with E-state index < -0.39 is 5.97 Å². The highest BCUT2D eigenvalue weighted by Crippen LogP contribution is 2.39. The molecular formula is C14H19N3O3S. The van der Waals surface area contributed by atoms with Crippen LogP contribution < -0.4 is 0 Å². The molecule has 1 saturated carbocycles. The highest BCUT2D eigenvalue weighted by molar-refractivity contribution is 7.99. The van der Waals surface area contributed by atoms with Crippen LogP contribution in [0.3, 0.4) is 0 Å². The van der Waals surface area contributed by atoms with Crippen LogP contribution in [0, 0.1) is 6.92 Å². The Labute approximate surface area is 128 Å². The van der Waals surface area contributed by atoms with Crippen molar-refractivity contribution in [3.63, 3.8) is 0 Å². The van der Waals surface area contributed by atoms with Crippen molar-refractivity contribution in [1.29, 1.82) is 0 Å². The summed E-state index contributed by atoms with van der Waals surface area (Å²) in [5, 5.41) is 9.80. The average Bonchev–Trinajstić information content (AvgIpc) is 3.21. The molecule has 1 N–H and O–H groups in total. The van der Waals surface area contributed by atoms with Gasteiger partial charge >= 0.3 is 5.97 Å². The van der Waals surface area contributed by atoms with Gasteiger partial charge in [0.1, 0.15) is 16.4 Å². The molecule has 1 amide bonds. The van der Waals surface area contributed by atoms with Crippen molar-refractivity contribution < 1.29 is 14.7 Å². The van der Waals surface area contributed by atoms with Gasteiger partial charge in [-0.1, -0.05) is 0 Å². The van der Waals surface area contributed by atoms with Gasteiger partial charge < -0.3 is 10.0 Å². The number of hydrogen-bond donors (Lipinski definition) is 1. The van der Waals surface area contributed by atoms with Crippen molar-refractivity contribution >= 4 is 23.6 Å². The van der Waals surface area contributed by atoms with E-state index in [4.69, 9.17) is 0 Å². The minimum Gasteiger partial charge on any atom is -0.478 e. The molecule has 0 bridgehead atoms. The molecule has 21 heavy (non-hydrogen) atoms. The molecule has 1 aromatic heterocycles. The third-order valence-electron chi connectivity index (χ3n) is 3.28. The zero-order valence-corrected chi connectivity index (χ0v) is 13.2. The monoisotopic (exact) mass is 309 g/mol. The van der Waals surface area contributed by atoms with Gasteiger partial charge in [0.25, 0.3) is 0 Å². The zero-order chi connectivity index (χ0) is 15.6. The lowest BCUT2D eigenvalue weighted by atomic mass is 10.2. The molecule has 1 aliphatic carbocycles. The Morgan fingerprint density at radius 1 is 1.33 bits per heavy atom. The van der Waals surface area contributed by atoms with Crippen LogP contribution in [-0.2, 0) is 4.79 Å². The van der Waals surface area contributed by atoms with Gasteiger partial charge in [-0.15, -0.1) is 11.8 Å². The van der Waals surface area contributed by atoms with Gasteiger partial charge in [-0.05, 0) is 19.8 Å². The topological polar surface area (TPSA) is 83.4 Å². The Morgan fingerprint density at radius 2 is 2.00 bits per heavy atom. The molecule has 2 rings (SSSR count). The number of amides is 1. The summed E-state index contributed by atoms with van der Waals surface area (Å²) in [6.45, 7) is 1.70. The third kappa shape index (κ3) is 3.93. The molecule has 7 heteroatoms. The number of carboxylic acid groups (broad SMARTS) is 1. The maximum Gasteiger partial charge on any atom is 0.340 e. The summed E-state index contributed by atoms with van der Waals surface area (Å²) in [7, 11) is 3.41. The highest BCUT2D eigenvalue weighted by Gasteiger charge is 2.29. The molecule has 1 aromatic rings. The zero-order valence-electron chi connectivity index (χ0n) is 12.4. The number of hydrogen-bond acceptors (Lipinski definition) is 5. The molecule has 6 nitrogen and oxygen atoms in total. The normalized spacial score (nSPS) is 14.0. The fraction of sp³-hybridized carbons (Fsp3) is 0.571. The van der Waals surface area contributed by atoms with E-state index in [0.717, 1.165) is 18.7 Å². The Hall–Kier alpha value is -1.63. The number of nitrogens with zero attached hydrogens (tertiary/aromatic N) is 3. The fourth-order valence-electron chi connectivity index (χ4n) is 1.90. The van der Waals surface area contributed by atoms with Crippen LogP contribution in [0.5, 0.6) is 0 Å². The first-order chi connectivity index (χ1) is 9.90. The highest BCUT2D eigenvalue weighted by atomic mass is 32.2. The van der Waals surface area contributed by atoms with E-state index in [1.807, 2.05) is 0 Å². The molecule has 1 fully saturated rings. The lowest BCUT2D eigenvalue weighted by molar-refractivity contribution is -0.128. The van der Waals surface area contributed by atoms with Crippen LogP contribution in [0.1, 0.15) is 47.1 Å². The maximum atomic E-state index is 11.6. The molecule has 0 atom stereocenters. The smallest absolute Gasteiger partial charge is 0.340 e. The van der Waals surface area contributed by atoms with Crippen molar-refractivity contribution in [3.8, 4) is 0 Å². The van der Waals surface area contributed by atoms with Gasteiger partial charge in [-0.2, -0.15) is 0 Å². The number of aryl methyl sites for hydroxylation is 1. The first-order valence-corrected chi connectivity index (χ1v) is 7.83. The van der Waals surface area contributed by atoms with Crippen LogP contribution in [0.4, 0.5) is 0 Å². The van der Waals surface area contributed by atoms with Gasteiger partial charge in [0.05, 0.1) is 5.69 Å². The molecule has 0 unspecified atom stereocenters. The molecule has 0 aromatic carbocycles. The molecule has 0 radical (unpaired) electrons. The summed E-state index contributed by atoms with van der Waals surface area (Å²) in [5.41, 5.74) is 0.655. The van der Waals surface area contributed by atoms with Crippen LogP contribution in [0.25, 0.3) is 0 Å². The van der Waals surface area contributed by atoms with Crippen LogP contribution in [-0.4, -0.2) is 51.7 Å². The molecular weight excluding hydrogens is 290 g/mol. The van der Waals surface area contributed by atoms with Crippen molar-refractivity contribution in [3.05, 3.63) is 17.1 Å². The van der Waals surface area contributed by atoms with E-state index in [0.29, 0.717) is 28.8 Å². The maximum absolute atomic E-state index is 11.6. The summed E-state index contributed by atoms with van der Waals surface area (Å²) < 4.78 is 0. The van der Waals surface area contributed by atoms with E-state index >= 15 is 0 Å². The first-order valence-electron chi connectivity index (χ1n) is 6.85. The SMILES string of the molecule is Cc1nc(C2CC2)nc(SCCC(=O)N(C)C)c1C(=O)O. The second-order valence-corrected chi connectivity index (χ2v) is 6.40. The Balaban J connectivity index is 2.15. The number of carboxylic acids is 1. The number of aromatic carboxylic acids is 1. The van der Waals surface area contributed by atoms with Crippen molar-refractivity contribution in [2.75, 3.05) is 19.8 Å². The van der Waals surface area contributed by atoms with Gasteiger partial charge in [-0.25, -0.2) is 14.8 Å². The summed E-state index contributed by atoms with van der Waals surface area (Å²) >= 11 is 1.32. The Morgan fingerprint density at radius 3 is 2.52 bits per heavy atom. The van der Waals surface area contributed by atoms with Gasteiger partial charge in [0.2, 0.25) is 5.91 Å². The van der Waals surface area contributed by atoms with E-state index in [-0.39, 0.29) is 11.5 Å². The summed E-state index contributed by atoms with van der Waals surface area (Å²) in [4.78, 5) is 33.2.